The van der Waals surface area contributed by atoms with Gasteiger partial charge in [0.1, 0.15) is 11.2 Å². The van der Waals surface area contributed by atoms with Crippen LogP contribution in [-0.2, 0) is 0 Å². The Morgan fingerprint density at radius 1 is 1.53 bits per heavy atom. The van der Waals surface area contributed by atoms with E-state index in [1.54, 1.807) is 17.8 Å². The third-order valence-electron chi connectivity index (χ3n) is 3.02. The molecule has 102 valence electrons. The van der Waals surface area contributed by atoms with E-state index in [1.807, 2.05) is 6.26 Å². The van der Waals surface area contributed by atoms with Crippen LogP contribution in [0, 0.1) is 5.82 Å². The summed E-state index contributed by atoms with van der Waals surface area (Å²) in [4.78, 5) is 16.4. The second-order valence-electron chi connectivity index (χ2n) is 4.21. The zero-order chi connectivity index (χ0) is 13.8. The average molecular weight is 282 g/mol. The quantitative estimate of drug-likeness (QED) is 0.909. The lowest BCUT2D eigenvalue weighted by atomic mass is 10.2. The first kappa shape index (κ1) is 14.0. The molecule has 1 heterocycles. The highest BCUT2D eigenvalue weighted by atomic mass is 32.2. The molecule has 2 aromatic rings. The number of hydrogen-bond donors (Lipinski definition) is 1. The topological polar surface area (TPSA) is 55.1 Å². The second-order valence-corrected chi connectivity index (χ2v) is 5.19. The lowest BCUT2D eigenvalue weighted by molar-refractivity contribution is 0.222. The number of rotatable bonds is 5. The second kappa shape index (κ2) is 6.16. The van der Waals surface area contributed by atoms with Crippen molar-refractivity contribution in [1.29, 1.82) is 0 Å². The summed E-state index contributed by atoms with van der Waals surface area (Å²) < 4.78 is 15.0. The standard InChI is InChI=1S/C13H15FN2O2S/c1-19-6-5-9(7-17)16-8-15-11-4-2-3-10(14)12(11)13(16)18/h2-4,8-9,17H,5-7H2,1H3/t9-/m0/s1. The van der Waals surface area contributed by atoms with Crippen LogP contribution in [0.1, 0.15) is 12.5 Å². The Hall–Kier alpha value is -1.40. The summed E-state index contributed by atoms with van der Waals surface area (Å²) in [5.41, 5.74) is -0.106. The van der Waals surface area contributed by atoms with Crippen LogP contribution in [0.2, 0.25) is 0 Å². The fourth-order valence-corrected chi connectivity index (χ4v) is 2.48. The summed E-state index contributed by atoms with van der Waals surface area (Å²) in [5.74, 6) is 0.235. The predicted molar refractivity (Wildman–Crippen MR) is 75.1 cm³/mol. The van der Waals surface area contributed by atoms with Crippen LogP contribution in [0.25, 0.3) is 10.9 Å². The van der Waals surface area contributed by atoms with Gasteiger partial charge < -0.3 is 5.11 Å². The van der Waals surface area contributed by atoms with E-state index in [0.29, 0.717) is 11.9 Å². The van der Waals surface area contributed by atoms with Crippen LogP contribution in [0.3, 0.4) is 0 Å². The maximum atomic E-state index is 13.7. The van der Waals surface area contributed by atoms with E-state index in [2.05, 4.69) is 4.98 Å². The van der Waals surface area contributed by atoms with Gasteiger partial charge in [0.2, 0.25) is 0 Å². The molecule has 0 unspecified atom stereocenters. The molecule has 0 saturated heterocycles. The summed E-state index contributed by atoms with van der Waals surface area (Å²) in [6, 6.07) is 3.99. The minimum Gasteiger partial charge on any atom is -0.394 e. The molecule has 0 saturated carbocycles. The van der Waals surface area contributed by atoms with Crippen molar-refractivity contribution in [3.63, 3.8) is 0 Å². The normalized spacial score (nSPS) is 12.8. The molecule has 0 aliphatic heterocycles. The molecule has 1 atom stereocenters. The lowest BCUT2D eigenvalue weighted by Gasteiger charge is -2.17. The Balaban J connectivity index is 2.52. The monoisotopic (exact) mass is 282 g/mol. The number of benzene rings is 1. The van der Waals surface area contributed by atoms with E-state index in [0.717, 1.165) is 5.75 Å². The van der Waals surface area contributed by atoms with Crippen molar-refractivity contribution in [3.05, 3.63) is 40.7 Å². The molecule has 6 heteroatoms. The molecule has 0 aliphatic rings. The number of aromatic nitrogens is 2. The van der Waals surface area contributed by atoms with Gasteiger partial charge in [0.15, 0.2) is 0 Å². The third kappa shape index (κ3) is 2.79. The molecule has 1 aromatic carbocycles. The Morgan fingerprint density at radius 3 is 3.00 bits per heavy atom. The van der Waals surface area contributed by atoms with Crippen molar-refractivity contribution in [2.75, 3.05) is 18.6 Å². The van der Waals surface area contributed by atoms with Crippen molar-refractivity contribution in [1.82, 2.24) is 9.55 Å². The molecule has 0 radical (unpaired) electrons. The van der Waals surface area contributed by atoms with Gasteiger partial charge in [-0.15, -0.1) is 0 Å². The molecule has 1 aromatic heterocycles. The van der Waals surface area contributed by atoms with Crippen LogP contribution in [0.5, 0.6) is 0 Å². The summed E-state index contributed by atoms with van der Waals surface area (Å²) in [7, 11) is 0. The lowest BCUT2D eigenvalue weighted by Crippen LogP contribution is -2.28. The predicted octanol–water partition coefficient (Wildman–Crippen LogP) is 1.82. The van der Waals surface area contributed by atoms with Gasteiger partial charge in [-0.1, -0.05) is 6.07 Å². The number of halogens is 1. The minimum absolute atomic E-state index is 0.0207. The van der Waals surface area contributed by atoms with Crippen LogP contribution in [0.4, 0.5) is 4.39 Å². The highest BCUT2D eigenvalue weighted by molar-refractivity contribution is 7.98. The van der Waals surface area contributed by atoms with E-state index in [9.17, 15) is 14.3 Å². The van der Waals surface area contributed by atoms with Crippen molar-refractivity contribution in [2.45, 2.75) is 12.5 Å². The molecular formula is C13H15FN2O2S. The first-order chi connectivity index (χ1) is 9.19. The molecule has 0 bridgehead atoms. The molecule has 0 amide bonds. The molecular weight excluding hydrogens is 267 g/mol. The highest BCUT2D eigenvalue weighted by Gasteiger charge is 2.15. The first-order valence-electron chi connectivity index (χ1n) is 5.94. The van der Waals surface area contributed by atoms with Crippen LogP contribution in [-0.4, -0.2) is 33.3 Å². The average Bonchev–Trinajstić information content (AvgIpc) is 2.41. The van der Waals surface area contributed by atoms with Gasteiger partial charge in [0.05, 0.1) is 24.5 Å². The largest absolute Gasteiger partial charge is 0.394 e. The molecule has 0 fully saturated rings. The van der Waals surface area contributed by atoms with Gasteiger partial charge >= 0.3 is 0 Å². The molecule has 4 nitrogen and oxygen atoms in total. The van der Waals surface area contributed by atoms with E-state index < -0.39 is 11.4 Å². The Labute approximate surface area is 114 Å². The SMILES string of the molecule is CSCC[C@@H](CO)n1cnc2cccc(F)c2c1=O. The van der Waals surface area contributed by atoms with Crippen molar-refractivity contribution in [2.24, 2.45) is 0 Å². The highest BCUT2D eigenvalue weighted by Crippen LogP contribution is 2.15. The van der Waals surface area contributed by atoms with Crippen molar-refractivity contribution >= 4 is 22.7 Å². The van der Waals surface area contributed by atoms with Crippen LogP contribution in [0.15, 0.2) is 29.3 Å². The number of thioether (sulfide) groups is 1. The summed E-state index contributed by atoms with van der Waals surface area (Å²) in [6.07, 6.45) is 3.97. The van der Waals surface area contributed by atoms with E-state index in [1.165, 1.54) is 23.0 Å². The Kier molecular flexibility index (Phi) is 4.55. The number of nitrogens with zero attached hydrogens (tertiary/aromatic N) is 2. The maximum Gasteiger partial charge on any atom is 0.264 e. The zero-order valence-corrected chi connectivity index (χ0v) is 11.4. The van der Waals surface area contributed by atoms with Crippen molar-refractivity contribution in [3.8, 4) is 0 Å². The zero-order valence-electron chi connectivity index (χ0n) is 10.5. The fourth-order valence-electron chi connectivity index (χ4n) is 1.97. The Morgan fingerprint density at radius 2 is 2.32 bits per heavy atom. The number of hydrogen-bond acceptors (Lipinski definition) is 4. The summed E-state index contributed by atoms with van der Waals surface area (Å²) in [5, 5.41) is 9.36. The smallest absolute Gasteiger partial charge is 0.264 e. The number of fused-ring (bicyclic) bond motifs is 1. The van der Waals surface area contributed by atoms with Gasteiger partial charge in [0.25, 0.3) is 5.56 Å². The number of aliphatic hydroxyl groups is 1. The number of aliphatic hydroxyl groups excluding tert-OH is 1. The molecule has 2 rings (SSSR count). The maximum absolute atomic E-state index is 13.7. The molecule has 0 aliphatic carbocycles. The Bertz CT molecular complexity index is 630. The minimum atomic E-state index is -0.578. The van der Waals surface area contributed by atoms with Gasteiger partial charge in [-0.3, -0.25) is 9.36 Å². The van der Waals surface area contributed by atoms with Crippen LogP contribution < -0.4 is 5.56 Å². The van der Waals surface area contributed by atoms with Gasteiger partial charge in [-0.05, 0) is 30.6 Å². The summed E-state index contributed by atoms with van der Waals surface area (Å²) in [6.45, 7) is -0.165. The van der Waals surface area contributed by atoms with Crippen molar-refractivity contribution < 1.29 is 9.50 Å². The molecule has 0 spiro atoms. The summed E-state index contributed by atoms with van der Waals surface area (Å²) >= 11 is 1.63. The fraction of sp³-hybridized carbons (Fsp3) is 0.385. The van der Waals surface area contributed by atoms with E-state index >= 15 is 0 Å². The van der Waals surface area contributed by atoms with Crippen LogP contribution >= 0.6 is 11.8 Å². The van der Waals surface area contributed by atoms with Gasteiger partial charge in [-0.25, -0.2) is 9.37 Å². The van der Waals surface area contributed by atoms with Gasteiger partial charge in [-0.2, -0.15) is 11.8 Å². The first-order valence-corrected chi connectivity index (χ1v) is 7.33. The molecule has 19 heavy (non-hydrogen) atoms. The molecule has 1 N–H and O–H groups in total. The third-order valence-corrected chi connectivity index (χ3v) is 3.66. The van der Waals surface area contributed by atoms with Gasteiger partial charge in [0, 0.05) is 0 Å². The van der Waals surface area contributed by atoms with E-state index in [-0.39, 0.29) is 18.0 Å². The van der Waals surface area contributed by atoms with E-state index in [4.69, 9.17) is 0 Å².